The van der Waals surface area contributed by atoms with E-state index >= 15 is 0 Å². The van der Waals surface area contributed by atoms with Crippen molar-refractivity contribution in [3.05, 3.63) is 12.7 Å². The highest BCUT2D eigenvalue weighted by atomic mass is 16.6. The Morgan fingerprint density at radius 1 is 1.44 bits per heavy atom. The van der Waals surface area contributed by atoms with E-state index in [4.69, 9.17) is 9.84 Å². The van der Waals surface area contributed by atoms with E-state index in [1.807, 2.05) is 4.90 Å². The molecule has 0 bridgehead atoms. The van der Waals surface area contributed by atoms with Gasteiger partial charge in [0.2, 0.25) is 0 Å². The molecule has 2 aliphatic heterocycles. The van der Waals surface area contributed by atoms with Crippen LogP contribution in [0.4, 0.5) is 4.79 Å². The van der Waals surface area contributed by atoms with Gasteiger partial charge in [-0.2, -0.15) is 0 Å². The van der Waals surface area contributed by atoms with Gasteiger partial charge in [0, 0.05) is 19.1 Å². The monoisotopic (exact) mass is 254 g/mol. The van der Waals surface area contributed by atoms with Gasteiger partial charge >= 0.3 is 12.1 Å². The van der Waals surface area contributed by atoms with E-state index in [1.165, 1.54) is 6.08 Å². The van der Waals surface area contributed by atoms with Gasteiger partial charge in [0.25, 0.3) is 0 Å². The minimum atomic E-state index is -0.764. The Bertz CT molecular complexity index is 352. The van der Waals surface area contributed by atoms with E-state index in [9.17, 15) is 9.59 Å². The highest BCUT2D eigenvalue weighted by Crippen LogP contribution is 2.25. The van der Waals surface area contributed by atoms with Crippen LogP contribution in [0.1, 0.15) is 12.8 Å². The number of amides is 1. The first-order valence-corrected chi connectivity index (χ1v) is 6.14. The van der Waals surface area contributed by atoms with Crippen molar-refractivity contribution < 1.29 is 19.4 Å². The summed E-state index contributed by atoms with van der Waals surface area (Å²) in [4.78, 5) is 26.1. The van der Waals surface area contributed by atoms with Gasteiger partial charge in [0.1, 0.15) is 12.6 Å². The lowest BCUT2D eigenvalue weighted by molar-refractivity contribution is -0.144. The smallest absolute Gasteiger partial charge is 0.410 e. The molecular weight excluding hydrogens is 236 g/mol. The van der Waals surface area contributed by atoms with E-state index in [2.05, 4.69) is 6.58 Å². The number of carbonyl (C=O) groups excluding carboxylic acids is 1. The Hall–Kier alpha value is -1.56. The molecule has 0 spiro atoms. The van der Waals surface area contributed by atoms with Crippen LogP contribution in [0.2, 0.25) is 0 Å². The molecule has 2 fully saturated rings. The number of hydrogen-bond donors (Lipinski definition) is 1. The minimum absolute atomic E-state index is 0.157. The molecule has 100 valence electrons. The Morgan fingerprint density at radius 3 is 2.78 bits per heavy atom. The number of ether oxygens (including phenoxy) is 1. The van der Waals surface area contributed by atoms with Crippen LogP contribution in [-0.4, -0.2) is 65.3 Å². The third-order valence-corrected chi connectivity index (χ3v) is 3.49. The molecule has 6 heteroatoms. The maximum Gasteiger partial charge on any atom is 0.410 e. The molecular formula is C12H18N2O4. The van der Waals surface area contributed by atoms with Crippen molar-refractivity contribution in [1.29, 1.82) is 0 Å². The van der Waals surface area contributed by atoms with Gasteiger partial charge in [-0.05, 0) is 19.4 Å². The molecule has 2 aliphatic rings. The quantitative estimate of drug-likeness (QED) is 0.742. The zero-order valence-electron chi connectivity index (χ0n) is 10.2. The molecule has 2 rings (SSSR count). The number of carboxylic acids is 1. The Balaban J connectivity index is 1.80. The normalized spacial score (nSPS) is 24.7. The van der Waals surface area contributed by atoms with Gasteiger partial charge in [0.15, 0.2) is 0 Å². The zero-order chi connectivity index (χ0) is 13.1. The van der Waals surface area contributed by atoms with Crippen LogP contribution in [0.25, 0.3) is 0 Å². The molecule has 1 atom stereocenters. The van der Waals surface area contributed by atoms with E-state index in [1.54, 1.807) is 4.90 Å². The summed E-state index contributed by atoms with van der Waals surface area (Å²) >= 11 is 0. The first-order valence-electron chi connectivity index (χ1n) is 6.14. The van der Waals surface area contributed by atoms with Crippen molar-refractivity contribution in [3.63, 3.8) is 0 Å². The summed E-state index contributed by atoms with van der Waals surface area (Å²) in [6, 6.07) is -0.230. The first kappa shape index (κ1) is 12.9. The predicted octanol–water partition coefficient (Wildman–Crippen LogP) is 0.542. The fraction of sp³-hybridized carbons (Fsp3) is 0.667. The lowest BCUT2D eigenvalue weighted by atomic mass is 10.1. The first-order chi connectivity index (χ1) is 8.63. The molecule has 0 aromatic carbocycles. The van der Waals surface area contributed by atoms with Crippen molar-refractivity contribution in [1.82, 2.24) is 9.80 Å². The van der Waals surface area contributed by atoms with Crippen LogP contribution in [0, 0.1) is 0 Å². The second-order valence-electron chi connectivity index (χ2n) is 4.66. The molecule has 2 heterocycles. The third kappa shape index (κ3) is 2.48. The molecule has 0 radical (unpaired) electrons. The molecule has 0 aromatic heterocycles. The topological polar surface area (TPSA) is 70.1 Å². The van der Waals surface area contributed by atoms with Crippen LogP contribution in [0.3, 0.4) is 0 Å². The number of rotatable bonds is 4. The fourth-order valence-corrected chi connectivity index (χ4v) is 2.53. The highest BCUT2D eigenvalue weighted by Gasteiger charge is 2.42. The zero-order valence-corrected chi connectivity index (χ0v) is 10.2. The van der Waals surface area contributed by atoms with Gasteiger partial charge in [-0.1, -0.05) is 12.7 Å². The van der Waals surface area contributed by atoms with E-state index in [-0.39, 0.29) is 24.8 Å². The summed E-state index contributed by atoms with van der Waals surface area (Å²) in [6.45, 7) is 5.60. The number of likely N-dealkylation sites (tertiary alicyclic amines) is 2. The summed E-state index contributed by atoms with van der Waals surface area (Å²) in [5, 5.41) is 9.09. The van der Waals surface area contributed by atoms with Gasteiger partial charge in [-0.15, -0.1) is 0 Å². The van der Waals surface area contributed by atoms with Gasteiger partial charge < -0.3 is 14.7 Å². The molecule has 0 aliphatic carbocycles. The average Bonchev–Trinajstić information content (AvgIpc) is 2.73. The van der Waals surface area contributed by atoms with Gasteiger partial charge in [-0.3, -0.25) is 9.69 Å². The van der Waals surface area contributed by atoms with Crippen molar-refractivity contribution >= 4 is 12.1 Å². The standard InChI is InChI=1S/C12H18N2O4/c1-2-6-18-12(17)13-7-9(8-13)14-5-3-4-10(14)11(15)16/h2,9-10H,1,3-8H2,(H,15,16)/t10-/m0/s1. The lowest BCUT2D eigenvalue weighted by Gasteiger charge is -2.44. The van der Waals surface area contributed by atoms with Crippen molar-refractivity contribution in [2.45, 2.75) is 24.9 Å². The second-order valence-corrected chi connectivity index (χ2v) is 4.66. The SMILES string of the molecule is C=CCOC(=O)N1CC(N2CCC[C@H]2C(=O)O)C1. The molecule has 0 unspecified atom stereocenters. The molecule has 18 heavy (non-hydrogen) atoms. The van der Waals surface area contributed by atoms with Crippen LogP contribution >= 0.6 is 0 Å². The molecule has 0 aromatic rings. The van der Waals surface area contributed by atoms with Crippen LogP contribution in [0.15, 0.2) is 12.7 Å². The third-order valence-electron chi connectivity index (χ3n) is 3.49. The summed E-state index contributed by atoms with van der Waals surface area (Å²) in [6.07, 6.45) is 2.79. The average molecular weight is 254 g/mol. The van der Waals surface area contributed by atoms with Crippen LogP contribution < -0.4 is 0 Å². The molecule has 6 nitrogen and oxygen atoms in total. The highest BCUT2D eigenvalue weighted by molar-refractivity contribution is 5.74. The molecule has 0 saturated carbocycles. The minimum Gasteiger partial charge on any atom is -0.480 e. The van der Waals surface area contributed by atoms with Crippen LogP contribution in [0.5, 0.6) is 0 Å². The van der Waals surface area contributed by atoms with Gasteiger partial charge in [0.05, 0.1) is 0 Å². The van der Waals surface area contributed by atoms with E-state index < -0.39 is 5.97 Å². The maximum absolute atomic E-state index is 11.5. The van der Waals surface area contributed by atoms with E-state index in [0.717, 1.165) is 13.0 Å². The van der Waals surface area contributed by atoms with Crippen LogP contribution in [-0.2, 0) is 9.53 Å². The molecule has 1 amide bonds. The number of hydrogen-bond acceptors (Lipinski definition) is 4. The maximum atomic E-state index is 11.5. The summed E-state index contributed by atoms with van der Waals surface area (Å²) < 4.78 is 4.91. The fourth-order valence-electron chi connectivity index (χ4n) is 2.53. The Kier molecular flexibility index (Phi) is 3.86. The predicted molar refractivity (Wildman–Crippen MR) is 64.3 cm³/mol. The Morgan fingerprint density at radius 2 is 2.17 bits per heavy atom. The molecule has 1 N–H and O–H groups in total. The number of carbonyl (C=O) groups is 2. The summed E-state index contributed by atoms with van der Waals surface area (Å²) in [7, 11) is 0. The second kappa shape index (κ2) is 5.39. The lowest BCUT2D eigenvalue weighted by Crippen LogP contribution is -2.62. The van der Waals surface area contributed by atoms with Crippen molar-refractivity contribution in [2.24, 2.45) is 0 Å². The van der Waals surface area contributed by atoms with E-state index in [0.29, 0.717) is 19.5 Å². The molecule has 2 saturated heterocycles. The largest absolute Gasteiger partial charge is 0.480 e. The number of carboxylic acid groups (broad SMARTS) is 1. The van der Waals surface area contributed by atoms with Gasteiger partial charge in [-0.25, -0.2) is 4.79 Å². The Labute approximate surface area is 106 Å². The summed E-state index contributed by atoms with van der Waals surface area (Å²) in [5.74, 6) is -0.764. The van der Waals surface area contributed by atoms with Crippen molar-refractivity contribution in [2.75, 3.05) is 26.2 Å². The van der Waals surface area contributed by atoms with Crippen molar-refractivity contribution in [3.8, 4) is 0 Å². The number of nitrogens with zero attached hydrogens (tertiary/aromatic N) is 2. The summed E-state index contributed by atoms with van der Waals surface area (Å²) in [5.41, 5.74) is 0. The number of aliphatic carboxylic acids is 1.